The van der Waals surface area contributed by atoms with Crippen LogP contribution in [0.2, 0.25) is 0 Å². The van der Waals surface area contributed by atoms with E-state index in [2.05, 4.69) is 43.3 Å². The third-order valence-corrected chi connectivity index (χ3v) is 9.13. The van der Waals surface area contributed by atoms with Crippen LogP contribution in [-0.4, -0.2) is 103 Å². The quantitative estimate of drug-likeness (QED) is 0.249. The zero-order valence-corrected chi connectivity index (χ0v) is 25.6. The van der Waals surface area contributed by atoms with Gasteiger partial charge in [0, 0.05) is 45.2 Å². The summed E-state index contributed by atoms with van der Waals surface area (Å²) < 4.78 is 7.52. The molecule has 46 heavy (non-hydrogen) atoms. The highest BCUT2D eigenvalue weighted by Gasteiger charge is 2.45. The Balaban J connectivity index is 1.19. The standard InChI is InChI=1S/C33H41N7O6/c41-28-16-26-30(43)31(44)27(46-26)18-34-32(45)25(15-24-21-40(38-37-24)20-23-9-5-2-6-10-23)35-29(42)17-33(36-28)11-13-39(14-12-33)19-22-7-3-1-4-8-22/h1-10,21,25-27,30-31,43-44H,11-20H2,(H,34,45)(H,35,42)(H,36,41)/t25-,26+,27-,30?,31?/m1/s1. The molecule has 13 heteroatoms. The number of hydrogen-bond acceptors (Lipinski definition) is 9. The van der Waals surface area contributed by atoms with Crippen molar-refractivity contribution in [2.24, 2.45) is 0 Å². The molecule has 0 radical (unpaired) electrons. The molecule has 0 aliphatic carbocycles. The second-order valence-electron chi connectivity index (χ2n) is 12.6. The fourth-order valence-electron chi connectivity index (χ4n) is 6.59. The highest BCUT2D eigenvalue weighted by molar-refractivity contribution is 5.88. The lowest BCUT2D eigenvalue weighted by molar-refractivity contribution is -0.133. The number of amides is 3. The Hall–Kier alpha value is -4.17. The van der Waals surface area contributed by atoms with Gasteiger partial charge in [0.1, 0.15) is 24.4 Å². The zero-order valence-electron chi connectivity index (χ0n) is 25.6. The fraction of sp³-hybridized carbons (Fsp3) is 0.485. The lowest BCUT2D eigenvalue weighted by atomic mass is 9.83. The highest BCUT2D eigenvalue weighted by Crippen LogP contribution is 2.29. The van der Waals surface area contributed by atoms with E-state index in [1.165, 1.54) is 5.56 Å². The maximum atomic E-state index is 13.6. The Labute approximate surface area is 267 Å². The van der Waals surface area contributed by atoms with Gasteiger partial charge >= 0.3 is 0 Å². The van der Waals surface area contributed by atoms with Crippen LogP contribution in [0.4, 0.5) is 0 Å². The first-order valence-electron chi connectivity index (χ1n) is 15.8. The van der Waals surface area contributed by atoms with E-state index >= 15 is 0 Å². The molecule has 3 saturated heterocycles. The summed E-state index contributed by atoms with van der Waals surface area (Å²) in [6.45, 7) is 2.45. The number of ether oxygens (including phenoxy) is 1. The molecule has 3 aromatic rings. The van der Waals surface area contributed by atoms with Gasteiger partial charge in [0.15, 0.2) is 0 Å². The number of fused-ring (bicyclic) bond motifs is 2. The molecule has 2 aromatic carbocycles. The number of hydrogen-bond donors (Lipinski definition) is 5. The first-order chi connectivity index (χ1) is 22.2. The lowest BCUT2D eigenvalue weighted by Gasteiger charge is -2.42. The van der Waals surface area contributed by atoms with Gasteiger partial charge in [-0.1, -0.05) is 65.9 Å². The van der Waals surface area contributed by atoms with E-state index in [1.807, 2.05) is 48.5 Å². The largest absolute Gasteiger partial charge is 0.388 e. The maximum absolute atomic E-state index is 13.6. The molecular formula is C33H41N7O6. The van der Waals surface area contributed by atoms with Crippen LogP contribution in [0.5, 0.6) is 0 Å². The summed E-state index contributed by atoms with van der Waals surface area (Å²) in [6.07, 6.45) is -1.80. The normalized spacial score (nSPS) is 27.4. The monoisotopic (exact) mass is 631 g/mol. The minimum atomic E-state index is -1.29. The molecule has 2 unspecified atom stereocenters. The molecule has 244 valence electrons. The Kier molecular flexibility index (Phi) is 9.73. The van der Waals surface area contributed by atoms with Crippen molar-refractivity contribution in [3.63, 3.8) is 0 Å². The summed E-state index contributed by atoms with van der Waals surface area (Å²) in [5, 5.41) is 38.5. The number of aliphatic hydroxyl groups is 2. The van der Waals surface area contributed by atoms with E-state index in [-0.39, 0.29) is 37.6 Å². The number of nitrogens with zero attached hydrogens (tertiary/aromatic N) is 4. The smallest absolute Gasteiger partial charge is 0.243 e. The summed E-state index contributed by atoms with van der Waals surface area (Å²) in [6, 6.07) is 18.9. The molecule has 13 nitrogen and oxygen atoms in total. The predicted molar refractivity (Wildman–Crippen MR) is 166 cm³/mol. The number of rotatable bonds is 6. The Morgan fingerprint density at radius 2 is 1.52 bits per heavy atom. The van der Waals surface area contributed by atoms with E-state index in [4.69, 9.17) is 4.74 Å². The molecule has 3 aliphatic rings. The van der Waals surface area contributed by atoms with Gasteiger partial charge in [0.25, 0.3) is 0 Å². The van der Waals surface area contributed by atoms with Crippen LogP contribution in [0.1, 0.15) is 42.5 Å². The lowest BCUT2D eigenvalue weighted by Crippen LogP contribution is -2.59. The van der Waals surface area contributed by atoms with E-state index in [0.29, 0.717) is 38.2 Å². The number of nitrogens with one attached hydrogen (secondary N) is 3. The molecule has 2 bridgehead atoms. The number of carbonyl (C=O) groups is 3. The van der Waals surface area contributed by atoms with E-state index in [0.717, 1.165) is 12.1 Å². The molecule has 0 saturated carbocycles. The first-order valence-corrected chi connectivity index (χ1v) is 15.8. The van der Waals surface area contributed by atoms with E-state index in [9.17, 15) is 24.6 Å². The van der Waals surface area contributed by atoms with Crippen LogP contribution in [0.3, 0.4) is 0 Å². The molecule has 5 atom stereocenters. The number of piperidine rings is 1. The maximum Gasteiger partial charge on any atom is 0.243 e. The topological polar surface area (TPSA) is 171 Å². The van der Waals surface area contributed by atoms with Crippen molar-refractivity contribution in [3.8, 4) is 0 Å². The third-order valence-electron chi connectivity index (χ3n) is 9.13. The van der Waals surface area contributed by atoms with Gasteiger partial charge < -0.3 is 30.9 Å². The Morgan fingerprint density at radius 3 is 2.22 bits per heavy atom. The molecular weight excluding hydrogens is 590 g/mol. The zero-order chi connectivity index (χ0) is 32.1. The molecule has 3 fully saturated rings. The van der Waals surface area contributed by atoms with Gasteiger partial charge in [-0.05, 0) is 24.0 Å². The number of aromatic nitrogens is 3. The summed E-state index contributed by atoms with van der Waals surface area (Å²) in [5.41, 5.74) is 1.88. The van der Waals surface area contributed by atoms with Gasteiger partial charge in [0.2, 0.25) is 17.7 Å². The van der Waals surface area contributed by atoms with Crippen LogP contribution < -0.4 is 16.0 Å². The molecule has 3 amide bonds. The van der Waals surface area contributed by atoms with Crippen LogP contribution in [-0.2, 0) is 38.6 Å². The number of aliphatic hydroxyl groups excluding tert-OH is 2. The summed E-state index contributed by atoms with van der Waals surface area (Å²) >= 11 is 0. The van der Waals surface area contributed by atoms with Crippen molar-refractivity contribution in [3.05, 3.63) is 83.7 Å². The van der Waals surface area contributed by atoms with Gasteiger partial charge in [-0.25, -0.2) is 4.68 Å². The highest BCUT2D eigenvalue weighted by atomic mass is 16.5. The minimum absolute atomic E-state index is 0.0261. The Bertz CT molecular complexity index is 1490. The van der Waals surface area contributed by atoms with Gasteiger partial charge in [-0.15, -0.1) is 5.10 Å². The molecule has 4 heterocycles. The third kappa shape index (κ3) is 7.79. The van der Waals surface area contributed by atoms with E-state index in [1.54, 1.807) is 10.9 Å². The van der Waals surface area contributed by atoms with Crippen molar-refractivity contribution in [1.29, 1.82) is 0 Å². The van der Waals surface area contributed by atoms with Crippen molar-refractivity contribution < 1.29 is 29.3 Å². The fourth-order valence-corrected chi connectivity index (χ4v) is 6.59. The summed E-state index contributed by atoms with van der Waals surface area (Å²) in [5.74, 6) is -1.22. The number of carbonyl (C=O) groups excluding carboxylic acids is 3. The average molecular weight is 632 g/mol. The van der Waals surface area contributed by atoms with Gasteiger partial charge in [0.05, 0.1) is 30.3 Å². The Morgan fingerprint density at radius 1 is 0.870 bits per heavy atom. The van der Waals surface area contributed by atoms with Gasteiger partial charge in [-0.3, -0.25) is 19.3 Å². The molecule has 3 aliphatic heterocycles. The first kappa shape index (κ1) is 31.8. The van der Waals surface area contributed by atoms with Crippen LogP contribution in [0.15, 0.2) is 66.9 Å². The predicted octanol–water partition coefficient (Wildman–Crippen LogP) is -0.0961. The van der Waals surface area contributed by atoms with Gasteiger partial charge in [-0.2, -0.15) is 0 Å². The van der Waals surface area contributed by atoms with Crippen molar-refractivity contribution >= 4 is 17.7 Å². The molecule has 1 spiro atoms. The number of benzene rings is 2. The van der Waals surface area contributed by atoms with Crippen LogP contribution >= 0.6 is 0 Å². The van der Waals surface area contributed by atoms with Crippen LogP contribution in [0, 0.1) is 0 Å². The molecule has 5 N–H and O–H groups in total. The van der Waals surface area contributed by atoms with Crippen molar-refractivity contribution in [1.82, 2.24) is 35.8 Å². The SMILES string of the molecule is O=C1CC2(CCN(Cc3ccccc3)CC2)NC(=O)C[C@@H]2O[C@H](CNC(=O)[C@@H](Cc3cn(Cc4ccccc4)nn3)N1)C(O)C2O. The van der Waals surface area contributed by atoms with Crippen molar-refractivity contribution in [2.45, 2.75) is 81.2 Å². The molecule has 6 rings (SSSR count). The van der Waals surface area contributed by atoms with Crippen LogP contribution in [0.25, 0.3) is 0 Å². The second-order valence-corrected chi connectivity index (χ2v) is 12.6. The average Bonchev–Trinajstić information content (AvgIpc) is 3.59. The summed E-state index contributed by atoms with van der Waals surface area (Å²) in [4.78, 5) is 42.7. The van der Waals surface area contributed by atoms with Crippen molar-refractivity contribution in [2.75, 3.05) is 19.6 Å². The second kappa shape index (κ2) is 14.1. The minimum Gasteiger partial charge on any atom is -0.388 e. The summed E-state index contributed by atoms with van der Waals surface area (Å²) in [7, 11) is 0. The van der Waals surface area contributed by atoms with E-state index < -0.39 is 41.9 Å². The number of likely N-dealkylation sites (tertiary alicyclic amines) is 1. The molecule has 1 aromatic heterocycles.